The van der Waals surface area contributed by atoms with Crippen molar-refractivity contribution in [1.82, 2.24) is 0 Å². The van der Waals surface area contributed by atoms with E-state index in [0.717, 1.165) is 0 Å². The molecule has 0 atom stereocenters. The summed E-state index contributed by atoms with van der Waals surface area (Å²) in [6.07, 6.45) is 0. The molecule has 0 rings (SSSR count). The van der Waals surface area contributed by atoms with Gasteiger partial charge in [-0.3, -0.25) is 0 Å². The molecule has 2 radical (unpaired) electrons. The first-order chi connectivity index (χ1) is 3.46. The summed E-state index contributed by atoms with van der Waals surface area (Å²) >= 11 is 0. The van der Waals surface area contributed by atoms with Gasteiger partial charge >= 0.3 is 34.1 Å². The van der Waals surface area contributed by atoms with E-state index in [1.807, 2.05) is 0 Å². The first kappa shape index (κ1) is 22.7. The van der Waals surface area contributed by atoms with Crippen LogP contribution in [-0.4, -0.2) is 10.2 Å². The van der Waals surface area contributed by atoms with Gasteiger partial charge < -0.3 is 30.6 Å². The number of hydrogen-bond donors (Lipinski definition) is 0. The van der Waals surface area contributed by atoms with Crippen molar-refractivity contribution in [3.8, 4) is 0 Å². The molecule has 58 valence electrons. The molecule has 0 aromatic heterocycles. The van der Waals surface area contributed by atoms with Crippen molar-refractivity contribution in [2.75, 3.05) is 0 Å². The third kappa shape index (κ3) is 980. The molecule has 8 nitrogen and oxygen atoms in total. The van der Waals surface area contributed by atoms with Gasteiger partial charge in [0.05, 0.1) is 10.2 Å². The summed E-state index contributed by atoms with van der Waals surface area (Å²) in [5.74, 6) is 0. The molecule has 0 aromatic carbocycles. The van der Waals surface area contributed by atoms with Crippen LogP contribution in [-0.2, 0) is 34.1 Å². The molecule has 10 heteroatoms. The Morgan fingerprint density at radius 2 is 0.800 bits per heavy atom. The molecule has 0 bridgehead atoms. The second-order valence-electron chi connectivity index (χ2n) is 0.447. The Morgan fingerprint density at radius 1 is 0.800 bits per heavy atom. The van der Waals surface area contributed by atoms with Crippen molar-refractivity contribution in [2.45, 2.75) is 0 Å². The molecule has 0 amide bonds. The van der Waals surface area contributed by atoms with Crippen molar-refractivity contribution in [3.63, 3.8) is 0 Å². The molecule has 0 aliphatic rings. The molecular formula is CoCrN2O6+3. The molecule has 0 aliphatic heterocycles. The van der Waals surface area contributed by atoms with Crippen LogP contribution in [0.15, 0.2) is 0 Å². The number of rotatable bonds is 0. The predicted molar refractivity (Wildman–Crippen MR) is 20.7 cm³/mol. The van der Waals surface area contributed by atoms with Crippen molar-refractivity contribution < 1.29 is 44.3 Å². The van der Waals surface area contributed by atoms with Gasteiger partial charge in [0.2, 0.25) is 0 Å². The van der Waals surface area contributed by atoms with Gasteiger partial charge in [0.25, 0.3) is 0 Å². The minimum absolute atomic E-state index is 0. The summed E-state index contributed by atoms with van der Waals surface area (Å²) in [5, 5.41) is 29.5. The number of nitrogens with zero attached hydrogens (tertiary/aromatic N) is 2. The maximum Gasteiger partial charge on any atom is 3.00 e. The molecule has 0 saturated carbocycles. The van der Waals surface area contributed by atoms with Crippen LogP contribution >= 0.6 is 0 Å². The van der Waals surface area contributed by atoms with E-state index in [-0.39, 0.29) is 34.1 Å². The van der Waals surface area contributed by atoms with E-state index < -0.39 is 10.2 Å². The van der Waals surface area contributed by atoms with Gasteiger partial charge in [-0.2, -0.15) is 0 Å². The SMILES string of the molecule is O=[N+]([O-])[O-].O=[N+]([O-])[O-].[Co+2].[Cr+3]. The maximum atomic E-state index is 8.25. The zero-order valence-corrected chi connectivity index (χ0v) is 6.40. The fourth-order valence-corrected chi connectivity index (χ4v) is 0. The fraction of sp³-hybridized carbons (Fsp3) is 0. The van der Waals surface area contributed by atoms with Gasteiger partial charge in [-0.15, -0.1) is 0 Å². The zero-order chi connectivity index (χ0) is 7.15. The maximum absolute atomic E-state index is 8.25. The fourth-order valence-electron chi connectivity index (χ4n) is 0. The van der Waals surface area contributed by atoms with Crippen LogP contribution < -0.4 is 0 Å². The Bertz CT molecular complexity index is 73.7. The molecule has 0 aromatic rings. The van der Waals surface area contributed by atoms with E-state index >= 15 is 0 Å². The van der Waals surface area contributed by atoms with Gasteiger partial charge in [0.15, 0.2) is 0 Å². The predicted octanol–water partition coefficient (Wildman–Crippen LogP) is -0.483. The van der Waals surface area contributed by atoms with Crippen LogP contribution in [0, 0.1) is 30.6 Å². The standard InChI is InChI=1S/Co.Cr.2NO3/c;;2*2-1(3)4/q+2;+3;2*-1. The van der Waals surface area contributed by atoms with E-state index in [1.54, 1.807) is 0 Å². The Labute approximate surface area is 75.4 Å². The van der Waals surface area contributed by atoms with Gasteiger partial charge in [0.1, 0.15) is 0 Å². The average Bonchev–Trinajstić information content (AvgIpc) is 1.25. The largest absolute Gasteiger partial charge is 3.00 e. The zero-order valence-electron chi connectivity index (χ0n) is 4.09. The van der Waals surface area contributed by atoms with E-state index in [9.17, 15) is 0 Å². The molecule has 0 spiro atoms. The topological polar surface area (TPSA) is 132 Å². The molecule has 0 heterocycles. The van der Waals surface area contributed by atoms with Crippen molar-refractivity contribution in [2.24, 2.45) is 0 Å². The monoisotopic (exact) mass is 235 g/mol. The average molecular weight is 235 g/mol. The quantitative estimate of drug-likeness (QED) is 0.411. The van der Waals surface area contributed by atoms with E-state index in [0.29, 0.717) is 0 Å². The van der Waals surface area contributed by atoms with Gasteiger partial charge in [-0.1, -0.05) is 0 Å². The first-order valence-corrected chi connectivity index (χ1v) is 1.10. The van der Waals surface area contributed by atoms with Crippen LogP contribution in [0.1, 0.15) is 0 Å². The molecule has 0 unspecified atom stereocenters. The molecule has 0 fully saturated rings. The Kier molecular flexibility index (Phi) is 35.9. The Hall–Kier alpha value is -0.561. The van der Waals surface area contributed by atoms with E-state index in [2.05, 4.69) is 0 Å². The van der Waals surface area contributed by atoms with E-state index in [4.69, 9.17) is 30.6 Å². The van der Waals surface area contributed by atoms with Crippen LogP contribution in [0.3, 0.4) is 0 Å². The van der Waals surface area contributed by atoms with E-state index in [1.165, 1.54) is 0 Å². The third-order valence-corrected chi connectivity index (χ3v) is 0. The first-order valence-electron chi connectivity index (χ1n) is 1.10. The van der Waals surface area contributed by atoms with Crippen molar-refractivity contribution >= 4 is 0 Å². The summed E-state index contributed by atoms with van der Waals surface area (Å²) in [7, 11) is 0. The van der Waals surface area contributed by atoms with Gasteiger partial charge in [0, 0.05) is 0 Å². The summed E-state index contributed by atoms with van der Waals surface area (Å²) < 4.78 is 0. The third-order valence-electron chi connectivity index (χ3n) is 0. The summed E-state index contributed by atoms with van der Waals surface area (Å²) in [6, 6.07) is 0. The van der Waals surface area contributed by atoms with Crippen LogP contribution in [0.25, 0.3) is 0 Å². The summed E-state index contributed by atoms with van der Waals surface area (Å²) in [6.45, 7) is 0. The molecule has 0 saturated heterocycles. The summed E-state index contributed by atoms with van der Waals surface area (Å²) in [5.41, 5.74) is 0. The normalized spacial score (nSPS) is 4.80. The molecule has 0 N–H and O–H groups in total. The molecular weight excluding hydrogens is 235 g/mol. The summed E-state index contributed by atoms with van der Waals surface area (Å²) in [4.78, 5) is 16.5. The van der Waals surface area contributed by atoms with Crippen molar-refractivity contribution in [1.29, 1.82) is 0 Å². The molecule has 10 heavy (non-hydrogen) atoms. The Morgan fingerprint density at radius 3 is 0.800 bits per heavy atom. The minimum Gasteiger partial charge on any atom is -0.356 e. The van der Waals surface area contributed by atoms with Crippen LogP contribution in [0.2, 0.25) is 0 Å². The molecule has 0 aliphatic carbocycles. The second kappa shape index (κ2) is 15.8. The number of hydrogen-bond acceptors (Lipinski definition) is 6. The van der Waals surface area contributed by atoms with Gasteiger partial charge in [-0.25, -0.2) is 0 Å². The van der Waals surface area contributed by atoms with Gasteiger partial charge in [-0.05, 0) is 0 Å². The second-order valence-corrected chi connectivity index (χ2v) is 0.447. The Balaban J connectivity index is -0.0000000300. The van der Waals surface area contributed by atoms with Crippen LogP contribution in [0.4, 0.5) is 0 Å². The van der Waals surface area contributed by atoms with Crippen LogP contribution in [0.5, 0.6) is 0 Å². The van der Waals surface area contributed by atoms with Crippen molar-refractivity contribution in [3.05, 3.63) is 30.6 Å². The smallest absolute Gasteiger partial charge is 0.356 e. The minimum atomic E-state index is -1.75.